The van der Waals surface area contributed by atoms with Crippen LogP contribution >= 0.6 is 11.9 Å². The fraction of sp³-hybridized carbons (Fsp3) is 0.182. The molecular formula is C22H24N2S. The van der Waals surface area contributed by atoms with Crippen LogP contribution in [0.3, 0.4) is 0 Å². The summed E-state index contributed by atoms with van der Waals surface area (Å²) in [5.74, 6) is 0. The molecule has 2 nitrogen and oxygen atoms in total. The fourth-order valence-corrected chi connectivity index (χ4v) is 3.63. The van der Waals surface area contributed by atoms with Crippen molar-refractivity contribution < 1.29 is 0 Å². The predicted octanol–water partition coefficient (Wildman–Crippen LogP) is 5.12. The summed E-state index contributed by atoms with van der Waals surface area (Å²) in [6.07, 6.45) is 0. The Labute approximate surface area is 155 Å². The van der Waals surface area contributed by atoms with Crippen molar-refractivity contribution in [3.05, 3.63) is 102 Å². The quantitative estimate of drug-likeness (QED) is 0.569. The van der Waals surface area contributed by atoms with Gasteiger partial charge in [-0.3, -0.25) is 0 Å². The van der Waals surface area contributed by atoms with E-state index < -0.39 is 0 Å². The zero-order valence-electron chi connectivity index (χ0n) is 14.6. The lowest BCUT2D eigenvalue weighted by Gasteiger charge is -2.16. The van der Waals surface area contributed by atoms with Gasteiger partial charge in [-0.25, -0.2) is 4.31 Å². The maximum Gasteiger partial charge on any atom is 0.0340 e. The summed E-state index contributed by atoms with van der Waals surface area (Å²) in [5.41, 5.74) is 3.96. The van der Waals surface area contributed by atoms with Gasteiger partial charge in [0.1, 0.15) is 0 Å². The molecule has 0 heterocycles. The van der Waals surface area contributed by atoms with Gasteiger partial charge in [0.2, 0.25) is 0 Å². The van der Waals surface area contributed by atoms with Gasteiger partial charge >= 0.3 is 0 Å². The van der Waals surface area contributed by atoms with E-state index in [-0.39, 0.29) is 0 Å². The topological polar surface area (TPSA) is 15.3 Å². The van der Waals surface area contributed by atoms with Crippen LogP contribution in [-0.2, 0) is 19.6 Å². The minimum atomic E-state index is 0.881. The van der Waals surface area contributed by atoms with Crippen LogP contribution in [0.15, 0.2) is 89.8 Å². The smallest absolute Gasteiger partial charge is 0.0340 e. The van der Waals surface area contributed by atoms with Gasteiger partial charge in [0.05, 0.1) is 0 Å². The van der Waals surface area contributed by atoms with Gasteiger partial charge in [-0.2, -0.15) is 0 Å². The summed E-state index contributed by atoms with van der Waals surface area (Å²) in [6.45, 7) is 2.71. The number of benzene rings is 3. The number of rotatable bonds is 8. The first-order valence-corrected chi connectivity index (χ1v) is 9.33. The highest BCUT2D eigenvalue weighted by Gasteiger charge is 2.04. The lowest BCUT2D eigenvalue weighted by atomic mass is 10.2. The first-order chi connectivity index (χ1) is 12.3. The molecular weight excluding hydrogens is 324 g/mol. The standard InChI is InChI=1S/C22H24N2S/c1-24(18-20-11-6-3-7-12-20)25-22-14-8-13-21(15-22)17-23-16-19-9-4-2-5-10-19/h2-15,23H,16-18H2,1H3. The highest BCUT2D eigenvalue weighted by molar-refractivity contribution is 7.97. The summed E-state index contributed by atoms with van der Waals surface area (Å²) >= 11 is 1.79. The lowest BCUT2D eigenvalue weighted by Crippen LogP contribution is -2.12. The largest absolute Gasteiger partial charge is 0.309 e. The Kier molecular flexibility index (Phi) is 6.69. The molecule has 0 spiro atoms. The molecule has 3 heteroatoms. The zero-order valence-corrected chi connectivity index (χ0v) is 15.4. The van der Waals surface area contributed by atoms with E-state index in [2.05, 4.69) is 102 Å². The van der Waals surface area contributed by atoms with Gasteiger partial charge in [0.25, 0.3) is 0 Å². The van der Waals surface area contributed by atoms with Crippen molar-refractivity contribution in [1.29, 1.82) is 0 Å². The molecule has 0 unspecified atom stereocenters. The van der Waals surface area contributed by atoms with Gasteiger partial charge in [-0.1, -0.05) is 72.8 Å². The van der Waals surface area contributed by atoms with Crippen LogP contribution in [0.1, 0.15) is 16.7 Å². The second kappa shape index (κ2) is 9.42. The number of hydrogen-bond acceptors (Lipinski definition) is 3. The third-order valence-corrected chi connectivity index (χ3v) is 4.81. The normalized spacial score (nSPS) is 11.0. The number of nitrogens with zero attached hydrogens (tertiary/aromatic N) is 1. The van der Waals surface area contributed by atoms with Gasteiger partial charge in [-0.05, 0) is 47.8 Å². The van der Waals surface area contributed by atoms with Crippen molar-refractivity contribution in [3.8, 4) is 0 Å². The molecule has 0 saturated carbocycles. The van der Waals surface area contributed by atoms with E-state index in [9.17, 15) is 0 Å². The predicted molar refractivity (Wildman–Crippen MR) is 107 cm³/mol. The summed E-state index contributed by atoms with van der Waals surface area (Å²) < 4.78 is 2.27. The SMILES string of the molecule is CN(Cc1ccccc1)Sc1cccc(CNCc2ccccc2)c1. The van der Waals surface area contributed by atoms with E-state index in [1.165, 1.54) is 21.6 Å². The highest BCUT2D eigenvalue weighted by Crippen LogP contribution is 2.23. The maximum absolute atomic E-state index is 3.52. The van der Waals surface area contributed by atoms with Gasteiger partial charge in [0.15, 0.2) is 0 Å². The molecule has 0 fully saturated rings. The summed E-state index contributed by atoms with van der Waals surface area (Å²) in [7, 11) is 2.14. The summed E-state index contributed by atoms with van der Waals surface area (Å²) in [6, 6.07) is 29.8. The molecule has 3 aromatic rings. The number of hydrogen-bond donors (Lipinski definition) is 1. The van der Waals surface area contributed by atoms with Crippen molar-refractivity contribution in [2.45, 2.75) is 24.5 Å². The van der Waals surface area contributed by atoms with E-state index in [0.29, 0.717) is 0 Å². The molecule has 0 saturated heterocycles. The van der Waals surface area contributed by atoms with Crippen LogP contribution in [0, 0.1) is 0 Å². The van der Waals surface area contributed by atoms with E-state index in [1.807, 2.05) is 0 Å². The Morgan fingerprint density at radius 3 is 2.04 bits per heavy atom. The summed E-state index contributed by atoms with van der Waals surface area (Å²) in [4.78, 5) is 1.28. The molecule has 0 aromatic heterocycles. The van der Waals surface area contributed by atoms with Crippen molar-refractivity contribution >= 4 is 11.9 Å². The Balaban J connectivity index is 1.50. The van der Waals surface area contributed by atoms with E-state index >= 15 is 0 Å². The molecule has 0 radical (unpaired) electrons. The Morgan fingerprint density at radius 2 is 1.32 bits per heavy atom. The van der Waals surface area contributed by atoms with Crippen molar-refractivity contribution in [2.24, 2.45) is 0 Å². The highest BCUT2D eigenvalue weighted by atomic mass is 32.2. The molecule has 128 valence electrons. The fourth-order valence-electron chi connectivity index (χ4n) is 2.71. The van der Waals surface area contributed by atoms with Crippen LogP contribution in [-0.4, -0.2) is 11.4 Å². The molecule has 0 atom stereocenters. The van der Waals surface area contributed by atoms with Crippen LogP contribution in [0.4, 0.5) is 0 Å². The monoisotopic (exact) mass is 348 g/mol. The molecule has 3 rings (SSSR count). The minimum Gasteiger partial charge on any atom is -0.309 e. The Bertz CT molecular complexity index is 759. The second-order valence-corrected chi connectivity index (χ2v) is 7.38. The van der Waals surface area contributed by atoms with Crippen molar-refractivity contribution in [3.63, 3.8) is 0 Å². The van der Waals surface area contributed by atoms with E-state index in [4.69, 9.17) is 0 Å². The van der Waals surface area contributed by atoms with Crippen molar-refractivity contribution in [2.75, 3.05) is 7.05 Å². The van der Waals surface area contributed by atoms with Gasteiger partial charge < -0.3 is 5.32 Å². The average Bonchev–Trinajstić information content (AvgIpc) is 2.64. The van der Waals surface area contributed by atoms with Crippen molar-refractivity contribution in [1.82, 2.24) is 9.62 Å². The lowest BCUT2D eigenvalue weighted by molar-refractivity contribution is 0.564. The van der Waals surface area contributed by atoms with Gasteiger partial charge in [-0.15, -0.1) is 0 Å². The molecule has 0 aliphatic carbocycles. The summed E-state index contributed by atoms with van der Waals surface area (Å²) in [5, 5.41) is 3.52. The molecule has 0 aliphatic heterocycles. The molecule has 1 N–H and O–H groups in total. The molecule has 0 aliphatic rings. The maximum atomic E-state index is 3.52. The van der Waals surface area contributed by atoms with E-state index in [1.54, 1.807) is 11.9 Å². The molecule has 0 bridgehead atoms. The molecule has 25 heavy (non-hydrogen) atoms. The first-order valence-electron chi connectivity index (χ1n) is 8.56. The zero-order chi connectivity index (χ0) is 17.3. The van der Waals surface area contributed by atoms with E-state index in [0.717, 1.165) is 19.6 Å². The van der Waals surface area contributed by atoms with Gasteiger partial charge in [0, 0.05) is 24.5 Å². The van der Waals surface area contributed by atoms with Crippen LogP contribution in [0.25, 0.3) is 0 Å². The van der Waals surface area contributed by atoms with Crippen LogP contribution in [0.5, 0.6) is 0 Å². The third kappa shape index (κ3) is 6.05. The molecule has 3 aromatic carbocycles. The second-order valence-electron chi connectivity index (χ2n) is 6.10. The average molecular weight is 349 g/mol. The van der Waals surface area contributed by atoms with Crippen LogP contribution in [0.2, 0.25) is 0 Å². The van der Waals surface area contributed by atoms with Crippen LogP contribution < -0.4 is 5.32 Å². The minimum absolute atomic E-state index is 0.881. The molecule has 0 amide bonds. The Hall–Kier alpha value is -2.07. The Morgan fingerprint density at radius 1 is 0.720 bits per heavy atom. The number of nitrogens with one attached hydrogen (secondary N) is 1. The third-order valence-electron chi connectivity index (χ3n) is 3.91. The first kappa shape index (κ1) is 17.7.